The number of benzene rings is 2. The van der Waals surface area contributed by atoms with Crippen molar-refractivity contribution in [3.8, 4) is 11.1 Å². The fourth-order valence-corrected chi connectivity index (χ4v) is 2.66. The van der Waals surface area contributed by atoms with Crippen molar-refractivity contribution in [1.82, 2.24) is 10.2 Å². The second-order valence-electron chi connectivity index (χ2n) is 4.64. The molecule has 106 valence electrons. The van der Waals surface area contributed by atoms with Crippen LogP contribution in [0.25, 0.3) is 22.0 Å². The quantitative estimate of drug-likeness (QED) is 0.749. The van der Waals surface area contributed by atoms with E-state index in [4.69, 9.17) is 0 Å². The van der Waals surface area contributed by atoms with Crippen molar-refractivity contribution in [2.45, 2.75) is 5.75 Å². The van der Waals surface area contributed by atoms with Crippen molar-refractivity contribution in [2.75, 3.05) is 0 Å². The first-order valence-corrected chi connectivity index (χ1v) is 7.50. The van der Waals surface area contributed by atoms with E-state index in [-0.39, 0.29) is 11.2 Å². The fourth-order valence-electron chi connectivity index (χ4n) is 2.19. The molecule has 3 rings (SSSR count). The highest BCUT2D eigenvalue weighted by atomic mass is 32.2. The summed E-state index contributed by atoms with van der Waals surface area (Å²) >= 11 is -2.09. The Morgan fingerprint density at radius 3 is 2.52 bits per heavy atom. The second kappa shape index (κ2) is 5.59. The third-order valence-electron chi connectivity index (χ3n) is 3.22. The maximum Gasteiger partial charge on any atom is 0.207 e. The van der Waals surface area contributed by atoms with Gasteiger partial charge in [-0.25, -0.2) is 0 Å². The molecule has 0 aliphatic heterocycles. The average Bonchev–Trinajstić information content (AvgIpc) is 2.47. The van der Waals surface area contributed by atoms with Gasteiger partial charge in [0.05, 0.1) is 11.7 Å². The van der Waals surface area contributed by atoms with E-state index in [2.05, 4.69) is 10.2 Å². The molecule has 5 nitrogen and oxygen atoms in total. The summed E-state index contributed by atoms with van der Waals surface area (Å²) < 4.78 is 21.3. The number of rotatable bonds is 3. The van der Waals surface area contributed by atoms with Gasteiger partial charge >= 0.3 is 0 Å². The lowest BCUT2D eigenvalue weighted by molar-refractivity contribution is 0.536. The molecular weight excluding hydrogens is 288 g/mol. The molecule has 1 atom stereocenters. The molecule has 1 heterocycles. The molecule has 0 bridgehead atoms. The molecule has 1 aromatic heterocycles. The number of fused-ring (bicyclic) bond motifs is 1. The molecule has 0 fully saturated rings. The Morgan fingerprint density at radius 1 is 1.10 bits per heavy atom. The largest absolute Gasteiger partial charge is 0.772 e. The zero-order valence-electron chi connectivity index (χ0n) is 10.9. The maximum atomic E-state index is 11.6. The van der Waals surface area contributed by atoms with Gasteiger partial charge in [-0.2, -0.15) is 5.10 Å². The van der Waals surface area contributed by atoms with Crippen LogP contribution in [0, 0.1) is 0 Å². The summed E-state index contributed by atoms with van der Waals surface area (Å²) in [6.45, 7) is 0. The Labute approximate surface area is 122 Å². The van der Waals surface area contributed by atoms with Crippen LogP contribution < -0.4 is 5.43 Å². The van der Waals surface area contributed by atoms with Gasteiger partial charge in [-0.05, 0) is 28.8 Å². The van der Waals surface area contributed by atoms with Gasteiger partial charge in [0.25, 0.3) is 0 Å². The van der Waals surface area contributed by atoms with Crippen LogP contribution in [0.1, 0.15) is 5.56 Å². The van der Waals surface area contributed by atoms with Gasteiger partial charge in [-0.3, -0.25) is 14.1 Å². The van der Waals surface area contributed by atoms with Gasteiger partial charge in [0, 0.05) is 11.1 Å². The molecule has 3 aromatic rings. The van der Waals surface area contributed by atoms with Crippen LogP contribution in [0.5, 0.6) is 0 Å². The monoisotopic (exact) mass is 299 g/mol. The van der Waals surface area contributed by atoms with Crippen molar-refractivity contribution in [1.29, 1.82) is 0 Å². The number of aromatic amines is 1. The minimum Gasteiger partial charge on any atom is -0.772 e. The Bertz CT molecular complexity index is 872. The van der Waals surface area contributed by atoms with Gasteiger partial charge in [-0.1, -0.05) is 41.4 Å². The minimum atomic E-state index is -2.09. The van der Waals surface area contributed by atoms with E-state index in [1.807, 2.05) is 24.3 Å². The smallest absolute Gasteiger partial charge is 0.207 e. The van der Waals surface area contributed by atoms with Crippen LogP contribution in [0.15, 0.2) is 53.5 Å². The van der Waals surface area contributed by atoms with Gasteiger partial charge < -0.3 is 4.55 Å². The van der Waals surface area contributed by atoms with Gasteiger partial charge in [-0.15, -0.1) is 0 Å². The molecule has 0 aliphatic rings. The molecule has 0 saturated heterocycles. The Hall–Kier alpha value is -2.31. The highest BCUT2D eigenvalue weighted by Gasteiger charge is 2.03. The molecule has 6 heteroatoms. The van der Waals surface area contributed by atoms with Crippen LogP contribution in [-0.2, 0) is 16.8 Å². The number of aromatic nitrogens is 2. The normalized spacial score (nSPS) is 12.4. The standard InChI is InChI=1S/C15H12N2O3S/c18-15-8-16-17-14-7-12(5-6-13(14)15)11-3-1-10(2-4-11)9-21(19)20/h1-8H,9H2,(H,17,18)(H,19,20)/p-1. The van der Waals surface area contributed by atoms with E-state index < -0.39 is 11.1 Å². The maximum absolute atomic E-state index is 11.6. The topological polar surface area (TPSA) is 85.9 Å². The minimum absolute atomic E-state index is 0.00917. The number of hydrogen-bond acceptors (Lipinski definition) is 4. The fraction of sp³-hybridized carbons (Fsp3) is 0.0667. The first-order chi connectivity index (χ1) is 10.1. The third kappa shape index (κ3) is 2.91. The van der Waals surface area contributed by atoms with Crippen LogP contribution >= 0.6 is 0 Å². The first-order valence-electron chi connectivity index (χ1n) is 6.26. The number of nitrogens with zero attached hydrogens (tertiary/aromatic N) is 1. The van der Waals surface area contributed by atoms with E-state index in [9.17, 15) is 13.6 Å². The van der Waals surface area contributed by atoms with Crippen molar-refractivity contribution >= 4 is 22.0 Å². The van der Waals surface area contributed by atoms with E-state index in [1.165, 1.54) is 6.20 Å². The van der Waals surface area contributed by atoms with Crippen LogP contribution in [0.2, 0.25) is 0 Å². The lowest BCUT2D eigenvalue weighted by Gasteiger charge is -2.07. The summed E-state index contributed by atoms with van der Waals surface area (Å²) in [6.07, 6.45) is 1.25. The lowest BCUT2D eigenvalue weighted by Crippen LogP contribution is -2.02. The molecule has 0 amide bonds. The SMILES string of the molecule is O=c1cn[nH]c2cc(-c3ccc(CS(=O)[O-])cc3)ccc12. The third-order valence-corrected chi connectivity index (χ3v) is 3.79. The Balaban J connectivity index is 2.00. The molecule has 2 aromatic carbocycles. The summed E-state index contributed by atoms with van der Waals surface area (Å²) in [5.41, 5.74) is 3.17. The predicted molar refractivity (Wildman–Crippen MR) is 80.4 cm³/mol. The molecule has 0 spiro atoms. The summed E-state index contributed by atoms with van der Waals surface area (Å²) in [5, 5.41) is 7.19. The summed E-state index contributed by atoms with van der Waals surface area (Å²) in [5.74, 6) is 0.00917. The average molecular weight is 299 g/mol. The van der Waals surface area contributed by atoms with Gasteiger partial charge in [0.1, 0.15) is 0 Å². The molecule has 0 saturated carbocycles. The molecule has 0 aliphatic carbocycles. The zero-order chi connectivity index (χ0) is 14.8. The van der Waals surface area contributed by atoms with E-state index in [0.29, 0.717) is 10.9 Å². The highest BCUT2D eigenvalue weighted by molar-refractivity contribution is 7.78. The highest BCUT2D eigenvalue weighted by Crippen LogP contribution is 2.22. The van der Waals surface area contributed by atoms with Gasteiger partial charge in [0.15, 0.2) is 0 Å². The molecule has 1 unspecified atom stereocenters. The van der Waals surface area contributed by atoms with Crippen molar-refractivity contribution in [3.63, 3.8) is 0 Å². The number of nitrogens with one attached hydrogen (secondary N) is 1. The van der Waals surface area contributed by atoms with Gasteiger partial charge in [0.2, 0.25) is 5.43 Å². The van der Waals surface area contributed by atoms with Crippen LogP contribution in [-0.4, -0.2) is 19.0 Å². The second-order valence-corrected chi connectivity index (χ2v) is 5.54. The van der Waals surface area contributed by atoms with E-state index in [0.717, 1.165) is 16.7 Å². The summed E-state index contributed by atoms with van der Waals surface area (Å²) in [4.78, 5) is 11.6. The Kier molecular flexibility index (Phi) is 3.64. The van der Waals surface area contributed by atoms with Crippen molar-refractivity contribution in [3.05, 3.63) is 64.4 Å². The van der Waals surface area contributed by atoms with Crippen LogP contribution in [0.3, 0.4) is 0 Å². The van der Waals surface area contributed by atoms with E-state index in [1.54, 1.807) is 18.2 Å². The molecule has 1 N–H and O–H groups in total. The predicted octanol–water partition coefficient (Wildman–Crippen LogP) is 1.97. The molecular formula is C15H11N2O3S-. The summed E-state index contributed by atoms with van der Waals surface area (Å²) in [7, 11) is 0. The number of hydrogen-bond donors (Lipinski definition) is 1. The van der Waals surface area contributed by atoms with Crippen LogP contribution in [0.4, 0.5) is 0 Å². The first kappa shape index (κ1) is 13.7. The molecule has 21 heavy (non-hydrogen) atoms. The van der Waals surface area contributed by atoms with Crippen molar-refractivity contribution < 1.29 is 8.76 Å². The summed E-state index contributed by atoms with van der Waals surface area (Å²) in [6, 6.07) is 12.7. The van der Waals surface area contributed by atoms with Crippen molar-refractivity contribution in [2.24, 2.45) is 0 Å². The Morgan fingerprint density at radius 2 is 1.81 bits per heavy atom. The molecule has 0 radical (unpaired) electrons. The van der Waals surface area contributed by atoms with E-state index >= 15 is 0 Å². The number of H-pyrrole nitrogens is 1. The zero-order valence-corrected chi connectivity index (χ0v) is 11.7. The lowest BCUT2D eigenvalue weighted by atomic mass is 10.0.